The van der Waals surface area contributed by atoms with Gasteiger partial charge in [-0.3, -0.25) is 4.79 Å². The van der Waals surface area contributed by atoms with E-state index in [1.807, 2.05) is 24.8 Å². The maximum Gasteiger partial charge on any atom is 0.276 e. The molecule has 7 nitrogen and oxygen atoms in total. The second kappa shape index (κ2) is 9.36. The lowest BCUT2D eigenvalue weighted by molar-refractivity contribution is 0.0616. The van der Waals surface area contributed by atoms with Gasteiger partial charge in [0.05, 0.1) is 11.4 Å². The summed E-state index contributed by atoms with van der Waals surface area (Å²) in [5.41, 5.74) is 3.40. The molecule has 2 unspecified atom stereocenters. The second-order valence-corrected chi connectivity index (χ2v) is 9.59. The molecule has 0 radical (unpaired) electrons. The molecular formula is C23H27FN6OS. The van der Waals surface area contributed by atoms with E-state index in [-0.39, 0.29) is 11.7 Å². The van der Waals surface area contributed by atoms with Crippen molar-refractivity contribution in [2.45, 2.75) is 45.0 Å². The molecule has 2 atom stereocenters. The third kappa shape index (κ3) is 4.98. The minimum absolute atomic E-state index is 0.117. The van der Waals surface area contributed by atoms with Gasteiger partial charge in [-0.25, -0.2) is 19.0 Å². The molecule has 1 aromatic carbocycles. The molecular weight excluding hydrogens is 427 g/mol. The average Bonchev–Trinajstić information content (AvgIpc) is 3.14. The van der Waals surface area contributed by atoms with Gasteiger partial charge in [-0.1, -0.05) is 30.8 Å². The number of piperidine rings is 1. The van der Waals surface area contributed by atoms with Gasteiger partial charge in [0.1, 0.15) is 5.82 Å². The molecule has 3 heterocycles. The van der Waals surface area contributed by atoms with Crippen molar-refractivity contribution >= 4 is 17.7 Å². The molecule has 0 spiro atoms. The molecule has 1 amide bonds. The largest absolute Gasteiger partial charge is 0.337 e. The lowest BCUT2D eigenvalue weighted by Crippen LogP contribution is -2.43. The summed E-state index contributed by atoms with van der Waals surface area (Å²) in [7, 11) is 0. The number of benzene rings is 1. The lowest BCUT2D eigenvalue weighted by atomic mass is 9.91. The molecule has 3 aromatic rings. The van der Waals surface area contributed by atoms with Crippen LogP contribution in [0.15, 0.2) is 35.5 Å². The number of nitrogens with zero attached hydrogens (tertiary/aromatic N) is 6. The average molecular weight is 455 g/mol. The van der Waals surface area contributed by atoms with E-state index >= 15 is 0 Å². The smallest absolute Gasteiger partial charge is 0.276 e. The fourth-order valence-electron chi connectivity index (χ4n) is 4.26. The van der Waals surface area contributed by atoms with Crippen LogP contribution in [0, 0.1) is 31.5 Å². The molecule has 0 bridgehead atoms. The highest BCUT2D eigenvalue weighted by Crippen LogP contribution is 2.27. The van der Waals surface area contributed by atoms with E-state index in [2.05, 4.69) is 34.1 Å². The van der Waals surface area contributed by atoms with Crippen molar-refractivity contribution in [2.75, 3.05) is 13.1 Å². The number of aryl methyl sites for hydroxylation is 2. The van der Waals surface area contributed by atoms with Crippen molar-refractivity contribution in [3.05, 3.63) is 58.9 Å². The minimum Gasteiger partial charge on any atom is -0.337 e. The molecule has 0 aliphatic carbocycles. The van der Waals surface area contributed by atoms with Crippen LogP contribution in [0.25, 0.3) is 5.69 Å². The third-order valence-electron chi connectivity index (χ3n) is 5.49. The fraction of sp³-hybridized carbons (Fsp3) is 0.435. The van der Waals surface area contributed by atoms with Crippen LogP contribution in [-0.4, -0.2) is 48.9 Å². The number of thioether (sulfide) groups is 1. The van der Waals surface area contributed by atoms with E-state index < -0.39 is 0 Å². The van der Waals surface area contributed by atoms with E-state index in [0.29, 0.717) is 52.9 Å². The first-order valence-corrected chi connectivity index (χ1v) is 11.7. The van der Waals surface area contributed by atoms with Crippen molar-refractivity contribution < 1.29 is 9.18 Å². The molecule has 9 heteroatoms. The summed E-state index contributed by atoms with van der Waals surface area (Å²) in [5, 5.41) is 9.15. The Hall–Kier alpha value is -2.81. The highest BCUT2D eigenvalue weighted by Gasteiger charge is 2.30. The van der Waals surface area contributed by atoms with Crippen LogP contribution in [0.2, 0.25) is 0 Å². The summed E-state index contributed by atoms with van der Waals surface area (Å²) in [6, 6.07) is 7.92. The molecule has 0 saturated carbocycles. The summed E-state index contributed by atoms with van der Waals surface area (Å²) in [5.74, 6) is 0.843. The van der Waals surface area contributed by atoms with Crippen LogP contribution in [-0.2, 0) is 5.75 Å². The predicted octanol–water partition coefficient (Wildman–Crippen LogP) is 4.22. The van der Waals surface area contributed by atoms with Crippen molar-refractivity contribution in [2.24, 2.45) is 11.8 Å². The molecule has 1 aliphatic heterocycles. The highest BCUT2D eigenvalue weighted by molar-refractivity contribution is 7.98. The Morgan fingerprint density at radius 2 is 1.72 bits per heavy atom. The monoisotopic (exact) mass is 454 g/mol. The van der Waals surface area contributed by atoms with Gasteiger partial charge in [0.25, 0.3) is 5.91 Å². The maximum atomic E-state index is 13.5. The van der Waals surface area contributed by atoms with Crippen molar-refractivity contribution in [1.29, 1.82) is 0 Å². The Morgan fingerprint density at radius 3 is 2.34 bits per heavy atom. The lowest BCUT2D eigenvalue weighted by Gasteiger charge is -2.34. The number of aromatic nitrogens is 5. The highest BCUT2D eigenvalue weighted by atomic mass is 32.2. The molecule has 2 aromatic heterocycles. The number of amides is 1. The molecule has 1 saturated heterocycles. The van der Waals surface area contributed by atoms with Crippen LogP contribution in [0.1, 0.15) is 47.8 Å². The van der Waals surface area contributed by atoms with Gasteiger partial charge in [-0.2, -0.15) is 0 Å². The zero-order valence-corrected chi connectivity index (χ0v) is 19.6. The van der Waals surface area contributed by atoms with Gasteiger partial charge in [0.15, 0.2) is 10.9 Å². The van der Waals surface area contributed by atoms with Gasteiger partial charge < -0.3 is 4.90 Å². The van der Waals surface area contributed by atoms with Crippen molar-refractivity contribution in [1.82, 2.24) is 29.9 Å². The zero-order chi connectivity index (χ0) is 22.8. The van der Waals surface area contributed by atoms with E-state index in [9.17, 15) is 9.18 Å². The molecule has 1 fully saturated rings. The van der Waals surface area contributed by atoms with Crippen LogP contribution in [0.4, 0.5) is 4.39 Å². The summed E-state index contributed by atoms with van der Waals surface area (Å²) in [6.07, 6.45) is 1.11. The van der Waals surface area contributed by atoms with Crippen LogP contribution >= 0.6 is 11.8 Å². The van der Waals surface area contributed by atoms with Gasteiger partial charge in [0, 0.05) is 30.2 Å². The summed E-state index contributed by atoms with van der Waals surface area (Å²) in [4.78, 5) is 24.3. The molecule has 168 valence electrons. The fourth-order valence-corrected chi connectivity index (χ4v) is 5.20. The van der Waals surface area contributed by atoms with E-state index in [0.717, 1.165) is 17.8 Å². The molecule has 4 rings (SSSR count). The van der Waals surface area contributed by atoms with Crippen LogP contribution < -0.4 is 0 Å². The first-order valence-electron chi connectivity index (χ1n) is 10.7. The Balaban J connectivity index is 1.68. The standard InChI is InChI=1S/C23H27FN6OS/c1-14-9-15(2)12-29(11-14)22(31)21-20(13-32-23-25-16(3)10-17(4)26-23)30(28-27-21)19-7-5-18(24)6-8-19/h5-8,10,14-15H,9,11-13H2,1-4H3. The number of hydrogen-bond acceptors (Lipinski definition) is 6. The van der Waals surface area contributed by atoms with Gasteiger partial charge in [-0.15, -0.1) is 5.10 Å². The zero-order valence-electron chi connectivity index (χ0n) is 18.7. The summed E-state index contributed by atoms with van der Waals surface area (Å²) >= 11 is 1.43. The Kier molecular flexibility index (Phi) is 6.55. The van der Waals surface area contributed by atoms with Gasteiger partial charge in [-0.05, 0) is 62.4 Å². The molecule has 1 aliphatic rings. The number of carbonyl (C=O) groups is 1. The first-order chi connectivity index (χ1) is 15.3. The number of likely N-dealkylation sites (tertiary alicyclic amines) is 1. The van der Waals surface area contributed by atoms with Crippen LogP contribution in [0.5, 0.6) is 0 Å². The molecule has 32 heavy (non-hydrogen) atoms. The minimum atomic E-state index is -0.332. The van der Waals surface area contributed by atoms with Gasteiger partial charge in [0.2, 0.25) is 0 Å². The predicted molar refractivity (Wildman–Crippen MR) is 121 cm³/mol. The maximum absolute atomic E-state index is 13.5. The van der Waals surface area contributed by atoms with E-state index in [1.54, 1.807) is 16.8 Å². The van der Waals surface area contributed by atoms with E-state index in [4.69, 9.17) is 0 Å². The Morgan fingerprint density at radius 1 is 1.09 bits per heavy atom. The summed E-state index contributed by atoms with van der Waals surface area (Å²) in [6.45, 7) is 9.60. The third-order valence-corrected chi connectivity index (χ3v) is 6.35. The second-order valence-electron chi connectivity index (χ2n) is 8.65. The topological polar surface area (TPSA) is 76.8 Å². The number of rotatable bonds is 5. The number of hydrogen-bond donors (Lipinski definition) is 0. The van der Waals surface area contributed by atoms with Crippen molar-refractivity contribution in [3.8, 4) is 5.69 Å². The normalized spacial score (nSPS) is 18.7. The first kappa shape index (κ1) is 22.4. The quantitative estimate of drug-likeness (QED) is 0.424. The number of carbonyl (C=O) groups excluding carboxylic acids is 1. The van der Waals surface area contributed by atoms with Gasteiger partial charge >= 0.3 is 0 Å². The van der Waals surface area contributed by atoms with Crippen molar-refractivity contribution in [3.63, 3.8) is 0 Å². The Bertz CT molecular complexity index is 1090. The number of halogens is 1. The van der Waals surface area contributed by atoms with Crippen LogP contribution in [0.3, 0.4) is 0 Å². The summed E-state index contributed by atoms with van der Waals surface area (Å²) < 4.78 is 15.1. The Labute approximate surface area is 191 Å². The van der Waals surface area contributed by atoms with E-state index in [1.165, 1.54) is 23.9 Å². The SMILES string of the molecule is Cc1cc(C)nc(SCc2c(C(=O)N3CC(C)CC(C)C3)nnn2-c2ccc(F)cc2)n1. The molecule has 0 N–H and O–H groups in total.